The van der Waals surface area contributed by atoms with Crippen molar-refractivity contribution in [1.82, 2.24) is 9.97 Å². The highest BCUT2D eigenvalue weighted by molar-refractivity contribution is 5.74. The van der Waals surface area contributed by atoms with Crippen molar-refractivity contribution >= 4 is 34.4 Å². The molecule has 2 heterocycles. The Morgan fingerprint density at radius 2 is 1.23 bits per heavy atom. The van der Waals surface area contributed by atoms with Crippen molar-refractivity contribution in [3.8, 4) is 0 Å². The zero-order chi connectivity index (χ0) is 18.7. The second kappa shape index (κ2) is 6.79. The van der Waals surface area contributed by atoms with Crippen LogP contribution in [0.3, 0.4) is 0 Å². The minimum Gasteiger partial charge on any atom is -0.396 e. The number of alkyl halides is 3. The van der Waals surface area contributed by atoms with Crippen LogP contribution in [0.25, 0.3) is 0 Å². The monoisotopic (exact) mass is 360 g/mol. The summed E-state index contributed by atoms with van der Waals surface area (Å²) in [6.07, 6.45) is -1.56. The van der Waals surface area contributed by atoms with Gasteiger partial charge in [0, 0.05) is 23.8 Å². The number of halogens is 3. The Balaban J connectivity index is 1.99. The maximum atomic E-state index is 13.2. The third-order valence-corrected chi connectivity index (χ3v) is 3.46. The van der Waals surface area contributed by atoms with Crippen molar-refractivity contribution < 1.29 is 13.2 Å². The van der Waals surface area contributed by atoms with Crippen LogP contribution in [-0.4, -0.2) is 9.97 Å². The lowest BCUT2D eigenvalue weighted by atomic mass is 10.1. The van der Waals surface area contributed by atoms with Crippen molar-refractivity contribution in [3.63, 3.8) is 0 Å². The molecular weight excluding hydrogens is 345 g/mol. The molecule has 1 aromatic carbocycles. The van der Waals surface area contributed by atoms with E-state index in [0.29, 0.717) is 11.4 Å². The predicted octanol–water partition coefficient (Wildman–Crippen LogP) is 4.15. The molecule has 0 aliphatic carbocycles. The fourth-order valence-electron chi connectivity index (χ4n) is 2.25. The number of anilines is 6. The number of nitrogen functional groups attached to an aromatic ring is 2. The number of benzene rings is 1. The molecule has 0 spiro atoms. The Hall–Kier alpha value is -3.49. The Bertz CT molecular complexity index is 861. The second-order valence-corrected chi connectivity index (χ2v) is 5.43. The number of nitrogens with two attached hydrogens (primary N) is 2. The summed E-state index contributed by atoms with van der Waals surface area (Å²) < 4.78 is 39.7. The van der Waals surface area contributed by atoms with E-state index in [-0.39, 0.29) is 23.0 Å². The van der Waals surface area contributed by atoms with Crippen LogP contribution < -0.4 is 22.1 Å². The van der Waals surface area contributed by atoms with Gasteiger partial charge >= 0.3 is 6.18 Å². The minimum atomic E-state index is -4.53. The zero-order valence-electron chi connectivity index (χ0n) is 13.4. The smallest absolute Gasteiger partial charge is 0.396 e. The molecule has 0 bridgehead atoms. The van der Waals surface area contributed by atoms with E-state index in [1.165, 1.54) is 18.5 Å². The van der Waals surface area contributed by atoms with Gasteiger partial charge in [0.05, 0.1) is 16.9 Å². The van der Waals surface area contributed by atoms with E-state index in [4.69, 9.17) is 11.5 Å². The molecule has 0 fully saturated rings. The summed E-state index contributed by atoms with van der Waals surface area (Å²) in [5.41, 5.74) is 11.7. The highest BCUT2D eigenvalue weighted by atomic mass is 19.4. The molecule has 2 aromatic heterocycles. The van der Waals surface area contributed by atoms with Gasteiger partial charge in [0.15, 0.2) is 11.6 Å². The topological polar surface area (TPSA) is 102 Å². The van der Waals surface area contributed by atoms with Gasteiger partial charge in [0.2, 0.25) is 0 Å². The first kappa shape index (κ1) is 17.3. The molecule has 134 valence electrons. The lowest BCUT2D eigenvalue weighted by molar-refractivity contribution is -0.137. The molecule has 9 heteroatoms. The van der Waals surface area contributed by atoms with Crippen LogP contribution in [-0.2, 0) is 6.18 Å². The van der Waals surface area contributed by atoms with E-state index < -0.39 is 11.7 Å². The van der Waals surface area contributed by atoms with Crippen LogP contribution in [0, 0.1) is 0 Å². The van der Waals surface area contributed by atoms with E-state index in [1.807, 2.05) is 0 Å². The summed E-state index contributed by atoms with van der Waals surface area (Å²) in [4.78, 5) is 8.05. The lowest BCUT2D eigenvalue weighted by Gasteiger charge is -2.15. The third kappa shape index (κ3) is 3.94. The largest absolute Gasteiger partial charge is 0.416 e. The molecule has 3 aromatic rings. The molecule has 0 radical (unpaired) electrons. The molecule has 0 amide bonds. The minimum absolute atomic E-state index is 0.169. The van der Waals surface area contributed by atoms with Gasteiger partial charge in [-0.05, 0) is 42.5 Å². The highest BCUT2D eigenvalue weighted by Gasteiger charge is 2.31. The Labute approximate surface area is 147 Å². The summed E-state index contributed by atoms with van der Waals surface area (Å²) in [7, 11) is 0. The molecule has 0 saturated carbocycles. The SMILES string of the molecule is Nc1cccnc1Nc1cc(Nc2ncccc2N)cc(C(F)(F)F)c1. The molecule has 26 heavy (non-hydrogen) atoms. The van der Waals surface area contributed by atoms with Gasteiger partial charge in [-0.2, -0.15) is 13.2 Å². The van der Waals surface area contributed by atoms with Gasteiger partial charge in [0.25, 0.3) is 0 Å². The van der Waals surface area contributed by atoms with Crippen molar-refractivity contribution in [3.05, 3.63) is 60.4 Å². The lowest BCUT2D eigenvalue weighted by Crippen LogP contribution is -2.08. The van der Waals surface area contributed by atoms with Crippen LogP contribution in [0.1, 0.15) is 5.56 Å². The fraction of sp³-hybridized carbons (Fsp3) is 0.0588. The van der Waals surface area contributed by atoms with Crippen LogP contribution in [0.2, 0.25) is 0 Å². The van der Waals surface area contributed by atoms with E-state index >= 15 is 0 Å². The molecule has 0 saturated heterocycles. The van der Waals surface area contributed by atoms with Crippen molar-refractivity contribution in [1.29, 1.82) is 0 Å². The quantitative estimate of drug-likeness (QED) is 0.558. The predicted molar refractivity (Wildman–Crippen MR) is 95.3 cm³/mol. The maximum absolute atomic E-state index is 13.2. The van der Waals surface area contributed by atoms with Gasteiger partial charge in [-0.1, -0.05) is 0 Å². The molecule has 0 atom stereocenters. The molecule has 6 N–H and O–H groups in total. The van der Waals surface area contributed by atoms with Crippen LogP contribution in [0.15, 0.2) is 54.9 Å². The molecule has 0 aliphatic heterocycles. The average molecular weight is 360 g/mol. The average Bonchev–Trinajstić information content (AvgIpc) is 2.58. The number of aromatic nitrogens is 2. The Morgan fingerprint density at radius 1 is 0.769 bits per heavy atom. The van der Waals surface area contributed by atoms with Crippen molar-refractivity contribution in [2.45, 2.75) is 6.18 Å². The van der Waals surface area contributed by atoms with E-state index in [0.717, 1.165) is 12.1 Å². The van der Waals surface area contributed by atoms with Gasteiger partial charge < -0.3 is 22.1 Å². The summed E-state index contributed by atoms with van der Waals surface area (Å²) in [6.45, 7) is 0. The van der Waals surface area contributed by atoms with Crippen LogP contribution in [0.5, 0.6) is 0 Å². The number of hydrogen-bond donors (Lipinski definition) is 4. The first-order valence-electron chi connectivity index (χ1n) is 7.50. The first-order chi connectivity index (χ1) is 12.3. The van der Waals surface area contributed by atoms with E-state index in [2.05, 4.69) is 20.6 Å². The van der Waals surface area contributed by atoms with Crippen molar-refractivity contribution in [2.24, 2.45) is 0 Å². The Kier molecular flexibility index (Phi) is 4.53. The van der Waals surface area contributed by atoms with E-state index in [9.17, 15) is 13.2 Å². The number of rotatable bonds is 4. The molecule has 6 nitrogen and oxygen atoms in total. The molecular formula is C17H15F3N6. The summed E-state index contributed by atoms with van der Waals surface area (Å²) in [5.74, 6) is 0.519. The second-order valence-electron chi connectivity index (χ2n) is 5.43. The first-order valence-corrected chi connectivity index (χ1v) is 7.50. The molecule has 0 aliphatic rings. The van der Waals surface area contributed by atoms with Crippen LogP contribution >= 0.6 is 0 Å². The number of hydrogen-bond acceptors (Lipinski definition) is 6. The van der Waals surface area contributed by atoms with Crippen LogP contribution in [0.4, 0.5) is 47.6 Å². The summed E-state index contributed by atoms with van der Waals surface area (Å²) in [5, 5.41) is 5.60. The summed E-state index contributed by atoms with van der Waals surface area (Å²) in [6, 6.07) is 9.87. The Morgan fingerprint density at radius 3 is 1.62 bits per heavy atom. The van der Waals surface area contributed by atoms with Crippen molar-refractivity contribution in [2.75, 3.05) is 22.1 Å². The zero-order valence-corrected chi connectivity index (χ0v) is 13.4. The normalized spacial score (nSPS) is 11.2. The van der Waals surface area contributed by atoms with Gasteiger partial charge in [-0.25, -0.2) is 9.97 Å². The number of nitrogens with one attached hydrogen (secondary N) is 2. The highest BCUT2D eigenvalue weighted by Crippen LogP contribution is 2.35. The standard InChI is InChI=1S/C17H15F3N6/c18-17(19,20)10-7-11(25-15-13(21)3-1-5-23-15)9-12(8-10)26-16-14(22)4-2-6-24-16/h1-9H,21-22H2,(H,23,25)(H,24,26). The number of pyridine rings is 2. The van der Waals surface area contributed by atoms with Gasteiger partial charge in [-0.15, -0.1) is 0 Å². The summed E-state index contributed by atoms with van der Waals surface area (Å²) >= 11 is 0. The third-order valence-electron chi connectivity index (χ3n) is 3.46. The van der Waals surface area contributed by atoms with Gasteiger partial charge in [0.1, 0.15) is 0 Å². The molecule has 3 rings (SSSR count). The molecule has 0 unspecified atom stereocenters. The van der Waals surface area contributed by atoms with E-state index in [1.54, 1.807) is 24.3 Å². The van der Waals surface area contributed by atoms with Gasteiger partial charge in [-0.3, -0.25) is 0 Å². The maximum Gasteiger partial charge on any atom is 0.416 e. The number of nitrogens with zero attached hydrogens (tertiary/aromatic N) is 2. The fourth-order valence-corrected chi connectivity index (χ4v) is 2.25.